The van der Waals surface area contributed by atoms with Gasteiger partial charge >= 0.3 is 0 Å². The van der Waals surface area contributed by atoms with Crippen LogP contribution in [0.3, 0.4) is 0 Å². The molecule has 9 heavy (non-hydrogen) atoms. The van der Waals surface area contributed by atoms with Crippen molar-refractivity contribution in [1.29, 1.82) is 0 Å². The van der Waals surface area contributed by atoms with Crippen LogP contribution in [-0.2, 0) is 0 Å². The van der Waals surface area contributed by atoms with Crippen LogP contribution in [0.25, 0.3) is 0 Å². The molecule has 3 nitrogen and oxygen atoms in total. The van der Waals surface area contributed by atoms with E-state index in [1.54, 1.807) is 0 Å². The molecule has 0 amide bonds. The molecule has 0 spiro atoms. The lowest BCUT2D eigenvalue weighted by Gasteiger charge is -2.08. The minimum atomic E-state index is -0.523. The van der Waals surface area contributed by atoms with Crippen molar-refractivity contribution < 1.29 is 10.2 Å². The van der Waals surface area contributed by atoms with E-state index in [1.165, 1.54) is 0 Å². The van der Waals surface area contributed by atoms with Crippen LogP contribution in [0.2, 0.25) is 0 Å². The molecule has 0 aliphatic carbocycles. The van der Waals surface area contributed by atoms with Gasteiger partial charge in [-0.3, -0.25) is 4.90 Å². The lowest BCUT2D eigenvalue weighted by Crippen LogP contribution is -2.22. The van der Waals surface area contributed by atoms with Gasteiger partial charge in [0.2, 0.25) is 0 Å². The first kappa shape index (κ1) is 6.99. The first-order valence-corrected chi connectivity index (χ1v) is 3.32. The number of likely N-dealkylation sites (N-methyl/N-ethyl adjacent to an activating group) is 1. The third kappa shape index (κ3) is 1.41. The minimum absolute atomic E-state index is 0.523. The summed E-state index contributed by atoms with van der Waals surface area (Å²) in [6.07, 6.45) is -1.05. The molecule has 0 aromatic carbocycles. The van der Waals surface area contributed by atoms with Gasteiger partial charge < -0.3 is 10.2 Å². The molecule has 3 heteroatoms. The molecule has 2 N–H and O–H groups in total. The Bertz CT molecular complexity index is 87.1. The average molecular weight is 131 g/mol. The van der Waals surface area contributed by atoms with E-state index in [0.717, 1.165) is 6.54 Å². The van der Waals surface area contributed by atoms with E-state index in [1.807, 2.05) is 11.8 Å². The Hall–Kier alpha value is -0.120. The lowest BCUT2D eigenvalue weighted by atomic mass is 10.3. The molecular formula is C6H13NO2. The van der Waals surface area contributed by atoms with Crippen molar-refractivity contribution in [2.45, 2.75) is 19.1 Å². The second-order valence-corrected chi connectivity index (χ2v) is 2.49. The van der Waals surface area contributed by atoms with Gasteiger partial charge in [-0.1, -0.05) is 6.92 Å². The molecule has 0 aromatic heterocycles. The van der Waals surface area contributed by atoms with Crippen molar-refractivity contribution >= 4 is 0 Å². The number of aliphatic hydroxyl groups is 2. The standard InChI is InChI=1S/C6H13NO2/c1-2-7-3-5(8)6(9)4-7/h5-6,8-9H,2-4H2,1H3/t5-,6-/m1/s1. The number of rotatable bonds is 1. The zero-order valence-electron chi connectivity index (χ0n) is 5.62. The van der Waals surface area contributed by atoms with E-state index in [2.05, 4.69) is 0 Å². The summed E-state index contributed by atoms with van der Waals surface area (Å²) in [4.78, 5) is 2.02. The number of likely N-dealkylation sites (tertiary alicyclic amines) is 1. The van der Waals surface area contributed by atoms with Crippen molar-refractivity contribution in [3.05, 3.63) is 0 Å². The molecule has 1 aliphatic rings. The molecule has 1 rings (SSSR count). The third-order valence-corrected chi connectivity index (χ3v) is 1.78. The van der Waals surface area contributed by atoms with Crippen LogP contribution in [0.5, 0.6) is 0 Å². The molecule has 1 aliphatic heterocycles. The zero-order chi connectivity index (χ0) is 6.85. The van der Waals surface area contributed by atoms with E-state index >= 15 is 0 Å². The summed E-state index contributed by atoms with van der Waals surface area (Å²) in [6.45, 7) is 4.17. The fourth-order valence-corrected chi connectivity index (χ4v) is 1.11. The highest BCUT2D eigenvalue weighted by molar-refractivity contribution is 4.81. The largest absolute Gasteiger partial charge is 0.389 e. The van der Waals surface area contributed by atoms with Crippen LogP contribution in [0.15, 0.2) is 0 Å². The number of aliphatic hydroxyl groups excluding tert-OH is 2. The highest BCUT2D eigenvalue weighted by atomic mass is 16.3. The van der Waals surface area contributed by atoms with E-state index in [4.69, 9.17) is 10.2 Å². The third-order valence-electron chi connectivity index (χ3n) is 1.78. The van der Waals surface area contributed by atoms with Gasteiger partial charge in [0.05, 0.1) is 12.2 Å². The highest BCUT2D eigenvalue weighted by Gasteiger charge is 2.27. The van der Waals surface area contributed by atoms with E-state index in [0.29, 0.717) is 13.1 Å². The van der Waals surface area contributed by atoms with Gasteiger partial charge in [-0.2, -0.15) is 0 Å². The normalized spacial score (nSPS) is 37.7. The molecule has 54 valence electrons. The Balaban J connectivity index is 2.35. The summed E-state index contributed by atoms with van der Waals surface area (Å²) >= 11 is 0. The Morgan fingerprint density at radius 1 is 1.33 bits per heavy atom. The zero-order valence-corrected chi connectivity index (χ0v) is 5.62. The van der Waals surface area contributed by atoms with Crippen LogP contribution in [0, 0.1) is 0 Å². The topological polar surface area (TPSA) is 43.7 Å². The fraction of sp³-hybridized carbons (Fsp3) is 1.00. The lowest BCUT2D eigenvalue weighted by molar-refractivity contribution is 0.0572. The summed E-state index contributed by atoms with van der Waals surface area (Å²) in [7, 11) is 0. The molecular weight excluding hydrogens is 118 g/mol. The fourth-order valence-electron chi connectivity index (χ4n) is 1.11. The first-order chi connectivity index (χ1) is 4.24. The minimum Gasteiger partial charge on any atom is -0.389 e. The molecule has 0 bridgehead atoms. The van der Waals surface area contributed by atoms with Gasteiger partial charge in [0.25, 0.3) is 0 Å². The predicted molar refractivity (Wildman–Crippen MR) is 34.1 cm³/mol. The van der Waals surface area contributed by atoms with Gasteiger partial charge in [0.15, 0.2) is 0 Å². The van der Waals surface area contributed by atoms with Crippen molar-refractivity contribution in [1.82, 2.24) is 4.90 Å². The Labute approximate surface area is 54.9 Å². The number of hydrogen-bond donors (Lipinski definition) is 2. The van der Waals surface area contributed by atoms with Gasteiger partial charge in [-0.05, 0) is 6.54 Å². The van der Waals surface area contributed by atoms with E-state index in [-0.39, 0.29) is 0 Å². The number of nitrogens with zero attached hydrogens (tertiary/aromatic N) is 1. The van der Waals surface area contributed by atoms with Gasteiger partial charge in [0, 0.05) is 13.1 Å². The second kappa shape index (κ2) is 2.64. The van der Waals surface area contributed by atoms with E-state index < -0.39 is 12.2 Å². The maximum absolute atomic E-state index is 9.01. The molecule has 1 heterocycles. The molecule has 0 aromatic rings. The SMILES string of the molecule is CCN1C[C@@H](O)[C@H](O)C1. The smallest absolute Gasteiger partial charge is 0.0938 e. The molecule has 1 saturated heterocycles. The van der Waals surface area contributed by atoms with Crippen molar-refractivity contribution in [2.75, 3.05) is 19.6 Å². The van der Waals surface area contributed by atoms with Crippen LogP contribution in [-0.4, -0.2) is 47.0 Å². The maximum atomic E-state index is 9.01. The molecule has 0 saturated carbocycles. The quantitative estimate of drug-likeness (QED) is 0.482. The highest BCUT2D eigenvalue weighted by Crippen LogP contribution is 2.07. The van der Waals surface area contributed by atoms with Gasteiger partial charge in [-0.15, -0.1) is 0 Å². The van der Waals surface area contributed by atoms with Crippen LogP contribution >= 0.6 is 0 Å². The van der Waals surface area contributed by atoms with E-state index in [9.17, 15) is 0 Å². The molecule has 0 radical (unpaired) electrons. The van der Waals surface area contributed by atoms with Crippen molar-refractivity contribution in [2.24, 2.45) is 0 Å². The first-order valence-electron chi connectivity index (χ1n) is 3.32. The molecule has 1 fully saturated rings. The summed E-state index contributed by atoms with van der Waals surface area (Å²) in [5, 5.41) is 18.0. The summed E-state index contributed by atoms with van der Waals surface area (Å²) in [5.41, 5.74) is 0. The van der Waals surface area contributed by atoms with Crippen molar-refractivity contribution in [3.63, 3.8) is 0 Å². The molecule has 2 atom stereocenters. The summed E-state index contributed by atoms with van der Waals surface area (Å²) in [5.74, 6) is 0. The molecule has 0 unspecified atom stereocenters. The Kier molecular flexibility index (Phi) is 2.05. The summed E-state index contributed by atoms with van der Waals surface area (Å²) in [6, 6.07) is 0. The van der Waals surface area contributed by atoms with Crippen LogP contribution in [0.4, 0.5) is 0 Å². The monoisotopic (exact) mass is 131 g/mol. The van der Waals surface area contributed by atoms with Crippen LogP contribution in [0.1, 0.15) is 6.92 Å². The van der Waals surface area contributed by atoms with Gasteiger partial charge in [0.1, 0.15) is 0 Å². The predicted octanol–water partition coefficient (Wildman–Crippen LogP) is -0.956. The Morgan fingerprint density at radius 2 is 1.78 bits per heavy atom. The number of β-amino-alcohol motifs (C(OH)–C–C–N with tert-alkyl or cyclic N) is 2. The Morgan fingerprint density at radius 3 is 2.00 bits per heavy atom. The summed E-state index contributed by atoms with van der Waals surface area (Å²) < 4.78 is 0. The van der Waals surface area contributed by atoms with Gasteiger partial charge in [-0.25, -0.2) is 0 Å². The average Bonchev–Trinajstić information content (AvgIpc) is 2.13. The van der Waals surface area contributed by atoms with Crippen molar-refractivity contribution in [3.8, 4) is 0 Å². The number of hydrogen-bond acceptors (Lipinski definition) is 3. The maximum Gasteiger partial charge on any atom is 0.0938 e. The van der Waals surface area contributed by atoms with Crippen LogP contribution < -0.4 is 0 Å². The second-order valence-electron chi connectivity index (χ2n) is 2.49.